The zero-order valence-corrected chi connectivity index (χ0v) is 12.8. The maximum Gasteiger partial charge on any atom is 0.0919 e. The molecule has 0 bridgehead atoms. The highest BCUT2D eigenvalue weighted by molar-refractivity contribution is 5.32. The number of benzene rings is 1. The standard InChI is InChI=1S/C16H27NO2/c1-12(2)17(8-9-19-5)11-16(18)15-7-6-13(3)10-14(15)4/h6-7,10,12,16,18H,8-9,11H2,1-5H3. The Balaban J connectivity index is 2.72. The van der Waals surface area contributed by atoms with Gasteiger partial charge in [0, 0.05) is 26.2 Å². The first-order valence-corrected chi connectivity index (χ1v) is 6.94. The van der Waals surface area contributed by atoms with E-state index in [2.05, 4.69) is 44.7 Å². The van der Waals surface area contributed by atoms with Gasteiger partial charge in [0.05, 0.1) is 12.7 Å². The van der Waals surface area contributed by atoms with Crippen molar-refractivity contribution in [1.29, 1.82) is 0 Å². The fourth-order valence-corrected chi connectivity index (χ4v) is 2.29. The molecule has 1 aromatic carbocycles. The second-order valence-electron chi connectivity index (χ2n) is 5.46. The lowest BCUT2D eigenvalue weighted by molar-refractivity contribution is 0.0718. The van der Waals surface area contributed by atoms with Crippen molar-refractivity contribution in [2.24, 2.45) is 0 Å². The van der Waals surface area contributed by atoms with E-state index in [9.17, 15) is 5.11 Å². The molecule has 3 heteroatoms. The maximum absolute atomic E-state index is 10.4. The molecule has 0 saturated carbocycles. The second kappa shape index (κ2) is 7.63. The van der Waals surface area contributed by atoms with Crippen LogP contribution < -0.4 is 0 Å². The predicted octanol–water partition coefficient (Wildman–Crippen LogP) is 2.69. The van der Waals surface area contributed by atoms with Crippen molar-refractivity contribution in [2.45, 2.75) is 39.8 Å². The van der Waals surface area contributed by atoms with Crippen LogP contribution in [0.4, 0.5) is 0 Å². The van der Waals surface area contributed by atoms with Gasteiger partial charge in [-0.1, -0.05) is 23.8 Å². The number of ether oxygens (including phenoxy) is 1. The van der Waals surface area contributed by atoms with Gasteiger partial charge in [0.25, 0.3) is 0 Å². The molecular weight excluding hydrogens is 238 g/mol. The lowest BCUT2D eigenvalue weighted by Gasteiger charge is -2.29. The van der Waals surface area contributed by atoms with Crippen LogP contribution in [-0.2, 0) is 4.74 Å². The van der Waals surface area contributed by atoms with Crippen LogP contribution in [0.15, 0.2) is 18.2 Å². The van der Waals surface area contributed by atoms with E-state index in [1.54, 1.807) is 7.11 Å². The average Bonchev–Trinajstić information content (AvgIpc) is 2.33. The number of aryl methyl sites for hydroxylation is 2. The minimum atomic E-state index is -0.445. The molecule has 0 spiro atoms. The van der Waals surface area contributed by atoms with E-state index >= 15 is 0 Å². The maximum atomic E-state index is 10.4. The third kappa shape index (κ3) is 4.94. The summed E-state index contributed by atoms with van der Waals surface area (Å²) in [5, 5.41) is 10.4. The van der Waals surface area contributed by atoms with Gasteiger partial charge in [-0.2, -0.15) is 0 Å². The molecule has 1 N–H and O–H groups in total. The fourth-order valence-electron chi connectivity index (χ4n) is 2.29. The number of rotatable bonds is 7. The summed E-state index contributed by atoms with van der Waals surface area (Å²) < 4.78 is 5.13. The van der Waals surface area contributed by atoms with Crippen molar-refractivity contribution >= 4 is 0 Å². The Morgan fingerprint density at radius 2 is 1.95 bits per heavy atom. The van der Waals surface area contributed by atoms with Gasteiger partial charge in [-0.3, -0.25) is 4.90 Å². The minimum Gasteiger partial charge on any atom is -0.387 e. The summed E-state index contributed by atoms with van der Waals surface area (Å²) >= 11 is 0. The molecule has 0 aliphatic rings. The highest BCUT2D eigenvalue weighted by Gasteiger charge is 2.17. The molecule has 108 valence electrons. The van der Waals surface area contributed by atoms with Gasteiger partial charge in [0.2, 0.25) is 0 Å². The Morgan fingerprint density at radius 1 is 1.26 bits per heavy atom. The van der Waals surface area contributed by atoms with Crippen LogP contribution in [-0.4, -0.2) is 42.9 Å². The van der Waals surface area contributed by atoms with Crippen LogP contribution >= 0.6 is 0 Å². The van der Waals surface area contributed by atoms with Crippen molar-refractivity contribution in [3.05, 3.63) is 34.9 Å². The van der Waals surface area contributed by atoms with E-state index in [0.717, 1.165) is 17.7 Å². The molecular formula is C16H27NO2. The summed E-state index contributed by atoms with van der Waals surface area (Å²) in [6.07, 6.45) is -0.445. The zero-order chi connectivity index (χ0) is 14.4. The first-order chi connectivity index (χ1) is 8.95. The smallest absolute Gasteiger partial charge is 0.0919 e. The van der Waals surface area contributed by atoms with Crippen molar-refractivity contribution in [3.8, 4) is 0 Å². The fraction of sp³-hybridized carbons (Fsp3) is 0.625. The van der Waals surface area contributed by atoms with Gasteiger partial charge >= 0.3 is 0 Å². The number of aliphatic hydroxyl groups is 1. The summed E-state index contributed by atoms with van der Waals surface area (Å²) in [5.41, 5.74) is 3.41. The van der Waals surface area contributed by atoms with E-state index in [-0.39, 0.29) is 0 Å². The number of aliphatic hydroxyl groups excluding tert-OH is 1. The second-order valence-corrected chi connectivity index (χ2v) is 5.46. The van der Waals surface area contributed by atoms with E-state index in [0.29, 0.717) is 19.2 Å². The molecule has 1 aromatic rings. The quantitative estimate of drug-likeness (QED) is 0.823. The molecule has 0 aliphatic heterocycles. The molecule has 0 amide bonds. The summed E-state index contributed by atoms with van der Waals surface area (Å²) in [6.45, 7) is 10.6. The number of hydrogen-bond acceptors (Lipinski definition) is 3. The predicted molar refractivity (Wildman–Crippen MR) is 79.5 cm³/mol. The summed E-state index contributed by atoms with van der Waals surface area (Å²) in [6, 6.07) is 6.61. The molecule has 0 aromatic heterocycles. The van der Waals surface area contributed by atoms with E-state index in [1.165, 1.54) is 5.56 Å². The van der Waals surface area contributed by atoms with Crippen molar-refractivity contribution in [2.75, 3.05) is 26.8 Å². The molecule has 0 heterocycles. The van der Waals surface area contributed by atoms with Crippen LogP contribution in [0.3, 0.4) is 0 Å². The number of methoxy groups -OCH3 is 1. The molecule has 1 atom stereocenters. The van der Waals surface area contributed by atoms with Crippen LogP contribution in [0.25, 0.3) is 0 Å². The van der Waals surface area contributed by atoms with E-state index < -0.39 is 6.10 Å². The highest BCUT2D eigenvalue weighted by Crippen LogP contribution is 2.20. The molecule has 1 rings (SSSR count). The molecule has 0 radical (unpaired) electrons. The van der Waals surface area contributed by atoms with Gasteiger partial charge in [-0.05, 0) is 38.8 Å². The average molecular weight is 265 g/mol. The lowest BCUT2D eigenvalue weighted by Crippen LogP contribution is -2.37. The van der Waals surface area contributed by atoms with Crippen molar-refractivity contribution < 1.29 is 9.84 Å². The van der Waals surface area contributed by atoms with Gasteiger partial charge in [0.1, 0.15) is 0 Å². The topological polar surface area (TPSA) is 32.7 Å². The highest BCUT2D eigenvalue weighted by atomic mass is 16.5. The van der Waals surface area contributed by atoms with Crippen LogP contribution in [0.2, 0.25) is 0 Å². The Hall–Kier alpha value is -0.900. The summed E-state index contributed by atoms with van der Waals surface area (Å²) in [4.78, 5) is 2.24. The Bertz CT molecular complexity index is 390. The van der Waals surface area contributed by atoms with Crippen LogP contribution in [0.5, 0.6) is 0 Å². The number of nitrogens with zero attached hydrogens (tertiary/aromatic N) is 1. The molecule has 1 unspecified atom stereocenters. The SMILES string of the molecule is COCCN(CC(O)c1ccc(C)cc1C)C(C)C. The van der Waals surface area contributed by atoms with Crippen LogP contribution in [0.1, 0.15) is 36.6 Å². The monoisotopic (exact) mass is 265 g/mol. The Kier molecular flexibility index (Phi) is 6.49. The third-order valence-electron chi connectivity index (χ3n) is 3.50. The minimum absolute atomic E-state index is 0.399. The first kappa shape index (κ1) is 16.2. The molecule has 19 heavy (non-hydrogen) atoms. The molecule has 0 fully saturated rings. The van der Waals surface area contributed by atoms with E-state index in [1.807, 2.05) is 6.07 Å². The van der Waals surface area contributed by atoms with Crippen molar-refractivity contribution in [3.63, 3.8) is 0 Å². The van der Waals surface area contributed by atoms with E-state index in [4.69, 9.17) is 4.74 Å². The Labute approximate surface area is 117 Å². The largest absolute Gasteiger partial charge is 0.387 e. The lowest BCUT2D eigenvalue weighted by atomic mass is 10.0. The first-order valence-electron chi connectivity index (χ1n) is 6.94. The number of hydrogen-bond donors (Lipinski definition) is 1. The van der Waals surface area contributed by atoms with Gasteiger partial charge in [-0.25, -0.2) is 0 Å². The zero-order valence-electron chi connectivity index (χ0n) is 12.8. The van der Waals surface area contributed by atoms with Crippen LogP contribution in [0, 0.1) is 13.8 Å². The summed E-state index contributed by atoms with van der Waals surface area (Å²) in [7, 11) is 1.71. The molecule has 3 nitrogen and oxygen atoms in total. The van der Waals surface area contributed by atoms with Gasteiger partial charge in [0.15, 0.2) is 0 Å². The van der Waals surface area contributed by atoms with Crippen molar-refractivity contribution in [1.82, 2.24) is 4.90 Å². The van der Waals surface area contributed by atoms with Gasteiger partial charge < -0.3 is 9.84 Å². The third-order valence-corrected chi connectivity index (χ3v) is 3.50. The normalized spacial score (nSPS) is 13.3. The summed E-state index contributed by atoms with van der Waals surface area (Å²) in [5.74, 6) is 0. The molecule has 0 saturated heterocycles. The molecule has 0 aliphatic carbocycles. The Morgan fingerprint density at radius 3 is 2.47 bits per heavy atom. The van der Waals surface area contributed by atoms with Gasteiger partial charge in [-0.15, -0.1) is 0 Å².